The van der Waals surface area contributed by atoms with Gasteiger partial charge in [0.15, 0.2) is 0 Å². The molecule has 16 heavy (non-hydrogen) atoms. The molecule has 0 amide bonds. The van der Waals surface area contributed by atoms with Gasteiger partial charge >= 0.3 is 0 Å². The maximum atomic E-state index is 6.02. The van der Waals surface area contributed by atoms with E-state index in [0.29, 0.717) is 17.6 Å². The minimum atomic E-state index is 0.310. The van der Waals surface area contributed by atoms with Crippen molar-refractivity contribution in [3.8, 4) is 0 Å². The average Bonchev–Trinajstić information content (AvgIpc) is 2.29. The van der Waals surface area contributed by atoms with Crippen LogP contribution in [0.25, 0.3) is 0 Å². The van der Waals surface area contributed by atoms with E-state index in [4.69, 9.17) is 17.3 Å². The van der Waals surface area contributed by atoms with Gasteiger partial charge in [0.05, 0.1) is 5.02 Å². The van der Waals surface area contributed by atoms with Gasteiger partial charge in [0.1, 0.15) is 0 Å². The number of benzene rings is 1. The van der Waals surface area contributed by atoms with Gasteiger partial charge in [-0.1, -0.05) is 11.6 Å². The first-order valence-corrected chi connectivity index (χ1v) is 7.64. The summed E-state index contributed by atoms with van der Waals surface area (Å²) < 4.78 is 0.910. The normalized spacial score (nSPS) is 12.5. The topological polar surface area (TPSA) is 38.0 Å². The Labute approximate surface area is 114 Å². The second-order valence-corrected chi connectivity index (χ2v) is 5.73. The highest BCUT2D eigenvalue weighted by Gasteiger charge is 2.06. The van der Waals surface area contributed by atoms with Gasteiger partial charge in [0, 0.05) is 22.7 Å². The summed E-state index contributed by atoms with van der Waals surface area (Å²) in [6, 6.07) is 6.16. The van der Waals surface area contributed by atoms with Gasteiger partial charge in [-0.25, -0.2) is 0 Å². The van der Waals surface area contributed by atoms with Crippen molar-refractivity contribution in [2.45, 2.75) is 12.5 Å². The molecule has 0 saturated carbocycles. The number of halogens is 2. The van der Waals surface area contributed by atoms with E-state index in [0.717, 1.165) is 22.3 Å². The van der Waals surface area contributed by atoms with E-state index in [-0.39, 0.29) is 0 Å². The van der Waals surface area contributed by atoms with Crippen LogP contribution in [0.4, 0.5) is 5.69 Å². The van der Waals surface area contributed by atoms with Crippen molar-refractivity contribution in [2.24, 2.45) is 5.73 Å². The molecule has 1 aromatic carbocycles. The predicted octanol–water partition coefficient (Wildman–Crippen LogP) is 3.59. The van der Waals surface area contributed by atoms with Crippen LogP contribution in [-0.4, -0.2) is 24.6 Å². The summed E-state index contributed by atoms with van der Waals surface area (Å²) in [5.41, 5.74) is 6.73. The van der Waals surface area contributed by atoms with Crippen molar-refractivity contribution in [2.75, 3.05) is 23.9 Å². The zero-order valence-corrected chi connectivity index (χ0v) is 12.3. The molecule has 0 bridgehead atoms. The largest absolute Gasteiger partial charge is 0.381 e. The Bertz CT molecular complexity index is 336. The average molecular weight is 324 g/mol. The number of nitrogens with one attached hydrogen (secondary N) is 1. The van der Waals surface area contributed by atoms with Gasteiger partial charge < -0.3 is 11.1 Å². The van der Waals surface area contributed by atoms with Crippen LogP contribution in [0.3, 0.4) is 0 Å². The summed E-state index contributed by atoms with van der Waals surface area (Å²) in [5.74, 6) is 1.11. The monoisotopic (exact) mass is 322 g/mol. The summed E-state index contributed by atoms with van der Waals surface area (Å²) in [7, 11) is 0. The maximum Gasteiger partial charge on any atom is 0.0568 e. The van der Waals surface area contributed by atoms with Crippen molar-refractivity contribution in [1.82, 2.24) is 0 Å². The summed E-state index contributed by atoms with van der Waals surface area (Å²) in [6.07, 6.45) is 3.16. The SMILES string of the molecule is CSCCC(CN)Nc1ccc(Br)c(Cl)c1. The molecule has 1 atom stereocenters. The lowest BCUT2D eigenvalue weighted by Crippen LogP contribution is -2.29. The molecule has 3 N–H and O–H groups in total. The number of anilines is 1. The van der Waals surface area contributed by atoms with Gasteiger partial charge in [-0.05, 0) is 52.6 Å². The van der Waals surface area contributed by atoms with Crippen LogP contribution in [0.2, 0.25) is 5.02 Å². The molecule has 0 saturated heterocycles. The third-order valence-electron chi connectivity index (χ3n) is 2.25. The first-order valence-electron chi connectivity index (χ1n) is 5.08. The highest BCUT2D eigenvalue weighted by atomic mass is 79.9. The number of nitrogens with two attached hydrogens (primary N) is 1. The molecule has 0 aromatic heterocycles. The molecule has 0 fully saturated rings. The Morgan fingerprint density at radius 3 is 2.88 bits per heavy atom. The molecule has 0 heterocycles. The highest BCUT2D eigenvalue weighted by molar-refractivity contribution is 9.10. The minimum Gasteiger partial charge on any atom is -0.381 e. The number of hydrogen-bond acceptors (Lipinski definition) is 3. The zero-order chi connectivity index (χ0) is 12.0. The second-order valence-electron chi connectivity index (χ2n) is 3.49. The van der Waals surface area contributed by atoms with Gasteiger partial charge in [-0.3, -0.25) is 0 Å². The van der Waals surface area contributed by atoms with Crippen LogP contribution in [0.15, 0.2) is 22.7 Å². The van der Waals surface area contributed by atoms with E-state index in [9.17, 15) is 0 Å². The lowest BCUT2D eigenvalue weighted by molar-refractivity contribution is 0.710. The van der Waals surface area contributed by atoms with Crippen molar-refractivity contribution < 1.29 is 0 Å². The van der Waals surface area contributed by atoms with E-state index < -0.39 is 0 Å². The first kappa shape index (κ1) is 14.2. The molecule has 5 heteroatoms. The smallest absolute Gasteiger partial charge is 0.0568 e. The molecule has 0 aliphatic heterocycles. The van der Waals surface area contributed by atoms with E-state index in [1.54, 1.807) is 0 Å². The number of rotatable bonds is 6. The zero-order valence-electron chi connectivity index (χ0n) is 9.17. The van der Waals surface area contributed by atoms with Crippen LogP contribution in [0, 0.1) is 0 Å². The lowest BCUT2D eigenvalue weighted by Gasteiger charge is -2.18. The fraction of sp³-hybridized carbons (Fsp3) is 0.455. The summed E-state index contributed by atoms with van der Waals surface area (Å²) in [5, 5.41) is 4.10. The quantitative estimate of drug-likeness (QED) is 0.840. The third kappa shape index (κ3) is 4.53. The van der Waals surface area contributed by atoms with Crippen LogP contribution in [0.5, 0.6) is 0 Å². The third-order valence-corrected chi connectivity index (χ3v) is 4.12. The maximum absolute atomic E-state index is 6.02. The van der Waals surface area contributed by atoms with Crippen molar-refractivity contribution in [3.05, 3.63) is 27.7 Å². The van der Waals surface area contributed by atoms with Crippen molar-refractivity contribution in [3.63, 3.8) is 0 Å². The molecule has 2 nitrogen and oxygen atoms in total. The standard InChI is InChI=1S/C11H16BrClN2S/c1-16-5-4-9(7-14)15-8-2-3-10(12)11(13)6-8/h2-3,6,9,15H,4-5,7,14H2,1H3. The molecular formula is C11H16BrClN2S. The van der Waals surface area contributed by atoms with Gasteiger partial charge in [-0.2, -0.15) is 11.8 Å². The number of hydrogen-bond donors (Lipinski definition) is 2. The van der Waals surface area contributed by atoms with Crippen LogP contribution in [-0.2, 0) is 0 Å². The van der Waals surface area contributed by atoms with Gasteiger partial charge in [0.25, 0.3) is 0 Å². The Morgan fingerprint density at radius 2 is 2.31 bits per heavy atom. The van der Waals surface area contributed by atoms with Crippen molar-refractivity contribution >= 4 is 45.0 Å². The molecule has 90 valence electrons. The molecule has 0 spiro atoms. The fourth-order valence-electron chi connectivity index (χ4n) is 1.33. The van der Waals surface area contributed by atoms with E-state index in [1.165, 1.54) is 0 Å². The van der Waals surface area contributed by atoms with E-state index in [1.807, 2.05) is 30.0 Å². The molecule has 1 aromatic rings. The van der Waals surface area contributed by atoms with Gasteiger partial charge in [0.2, 0.25) is 0 Å². The van der Waals surface area contributed by atoms with Crippen LogP contribution >= 0.6 is 39.3 Å². The van der Waals surface area contributed by atoms with Crippen LogP contribution < -0.4 is 11.1 Å². The number of thioether (sulfide) groups is 1. The molecule has 0 radical (unpaired) electrons. The van der Waals surface area contributed by atoms with Gasteiger partial charge in [-0.15, -0.1) is 0 Å². The molecular weight excluding hydrogens is 308 g/mol. The molecule has 0 aliphatic rings. The Kier molecular flexibility index (Phi) is 6.58. The molecule has 1 unspecified atom stereocenters. The lowest BCUT2D eigenvalue weighted by atomic mass is 10.2. The van der Waals surface area contributed by atoms with E-state index >= 15 is 0 Å². The first-order chi connectivity index (χ1) is 7.67. The summed E-state index contributed by atoms with van der Waals surface area (Å²) in [4.78, 5) is 0. The van der Waals surface area contributed by atoms with Crippen LogP contribution in [0.1, 0.15) is 6.42 Å². The highest BCUT2D eigenvalue weighted by Crippen LogP contribution is 2.26. The fourth-order valence-corrected chi connectivity index (χ4v) is 2.28. The van der Waals surface area contributed by atoms with Crippen molar-refractivity contribution in [1.29, 1.82) is 0 Å². The Hall–Kier alpha value is 0.1000. The summed E-state index contributed by atoms with van der Waals surface area (Å²) >= 11 is 11.2. The molecule has 1 rings (SSSR count). The minimum absolute atomic E-state index is 0.310. The van der Waals surface area contributed by atoms with E-state index in [2.05, 4.69) is 27.5 Å². The Morgan fingerprint density at radius 1 is 1.56 bits per heavy atom. The molecule has 0 aliphatic carbocycles. The Balaban J connectivity index is 2.59. The predicted molar refractivity (Wildman–Crippen MR) is 78.6 cm³/mol. The summed E-state index contributed by atoms with van der Waals surface area (Å²) in [6.45, 7) is 0.633. The second kappa shape index (κ2) is 7.43.